The molecule has 2 aromatic rings. The zero-order valence-electron chi connectivity index (χ0n) is 10.0. The first-order chi connectivity index (χ1) is 9.36. The van der Waals surface area contributed by atoms with E-state index in [9.17, 15) is 8.42 Å². The fourth-order valence-electron chi connectivity index (χ4n) is 1.48. The van der Waals surface area contributed by atoms with Gasteiger partial charge in [0.15, 0.2) is 0 Å². The van der Waals surface area contributed by atoms with Gasteiger partial charge in [0.1, 0.15) is 17.3 Å². The Kier molecular flexibility index (Phi) is 4.44. The van der Waals surface area contributed by atoms with Gasteiger partial charge in [-0.15, -0.1) is 0 Å². The molecule has 0 saturated heterocycles. The maximum Gasteiger partial charge on any atom is 0.238 e. The molecule has 0 aliphatic rings. The van der Waals surface area contributed by atoms with Crippen molar-refractivity contribution in [3.05, 3.63) is 46.3 Å². The molecule has 3 N–H and O–H groups in total. The summed E-state index contributed by atoms with van der Waals surface area (Å²) < 4.78 is 22.6. The third kappa shape index (κ3) is 3.80. The van der Waals surface area contributed by atoms with Gasteiger partial charge < -0.3 is 5.32 Å². The third-order valence-electron chi connectivity index (χ3n) is 2.44. The van der Waals surface area contributed by atoms with Gasteiger partial charge in [-0.3, -0.25) is 0 Å². The normalized spacial score (nSPS) is 11.3. The molecule has 0 atom stereocenters. The Morgan fingerprint density at radius 1 is 1.20 bits per heavy atom. The van der Waals surface area contributed by atoms with E-state index in [1.807, 2.05) is 0 Å². The van der Waals surface area contributed by atoms with E-state index < -0.39 is 10.0 Å². The fraction of sp³-hybridized carbons (Fsp3) is 0.0909. The Balaban J connectivity index is 2.21. The van der Waals surface area contributed by atoms with Crippen molar-refractivity contribution in [2.24, 2.45) is 5.14 Å². The van der Waals surface area contributed by atoms with Crippen molar-refractivity contribution in [2.45, 2.75) is 11.4 Å². The van der Waals surface area contributed by atoms with E-state index in [0.29, 0.717) is 21.6 Å². The molecule has 6 nitrogen and oxygen atoms in total. The predicted molar refractivity (Wildman–Crippen MR) is 77.2 cm³/mol. The highest BCUT2D eigenvalue weighted by molar-refractivity contribution is 7.89. The van der Waals surface area contributed by atoms with Crippen LogP contribution in [0.1, 0.15) is 5.56 Å². The number of halogens is 2. The first kappa shape index (κ1) is 15.0. The largest absolute Gasteiger partial charge is 0.366 e. The van der Waals surface area contributed by atoms with E-state index in [1.165, 1.54) is 24.5 Å². The number of hydrogen-bond donors (Lipinski definition) is 2. The van der Waals surface area contributed by atoms with Crippen LogP contribution in [-0.4, -0.2) is 18.4 Å². The highest BCUT2D eigenvalue weighted by Crippen LogP contribution is 2.21. The molecule has 0 radical (unpaired) electrons. The summed E-state index contributed by atoms with van der Waals surface area (Å²) in [6.07, 6.45) is 1.31. The summed E-state index contributed by atoms with van der Waals surface area (Å²) in [6, 6.07) is 5.78. The lowest BCUT2D eigenvalue weighted by molar-refractivity contribution is 0.597. The molecule has 0 saturated carbocycles. The summed E-state index contributed by atoms with van der Waals surface area (Å²) in [5.41, 5.74) is 0.577. The van der Waals surface area contributed by atoms with Crippen molar-refractivity contribution in [1.82, 2.24) is 9.97 Å². The number of anilines is 1. The van der Waals surface area contributed by atoms with Crippen molar-refractivity contribution in [1.29, 1.82) is 0 Å². The van der Waals surface area contributed by atoms with Gasteiger partial charge in [0.25, 0.3) is 0 Å². The molecule has 2 rings (SSSR count). The monoisotopic (exact) mass is 332 g/mol. The SMILES string of the molecule is NS(=O)(=O)c1ccc(Cl)c(CNc2cc(Cl)ncn2)c1. The third-order valence-corrected chi connectivity index (χ3v) is 3.93. The van der Waals surface area contributed by atoms with E-state index >= 15 is 0 Å². The number of primary sulfonamides is 1. The summed E-state index contributed by atoms with van der Waals surface area (Å²) in [6.45, 7) is 0.273. The summed E-state index contributed by atoms with van der Waals surface area (Å²) in [7, 11) is -3.76. The molecular formula is C11H10Cl2N4O2S. The Morgan fingerprint density at radius 2 is 1.95 bits per heavy atom. The lowest BCUT2D eigenvalue weighted by atomic mass is 10.2. The van der Waals surface area contributed by atoms with Gasteiger partial charge in [-0.05, 0) is 23.8 Å². The van der Waals surface area contributed by atoms with Gasteiger partial charge in [0, 0.05) is 17.6 Å². The number of nitrogens with one attached hydrogen (secondary N) is 1. The topological polar surface area (TPSA) is 98.0 Å². The molecule has 1 heterocycles. The van der Waals surface area contributed by atoms with E-state index in [2.05, 4.69) is 15.3 Å². The minimum atomic E-state index is -3.76. The van der Waals surface area contributed by atoms with Crippen LogP contribution in [0.2, 0.25) is 10.2 Å². The van der Waals surface area contributed by atoms with Gasteiger partial charge >= 0.3 is 0 Å². The fourth-order valence-corrected chi connectivity index (χ4v) is 2.38. The summed E-state index contributed by atoms with van der Waals surface area (Å²) in [5.74, 6) is 0.502. The molecule has 0 spiro atoms. The maximum atomic E-state index is 11.3. The average Bonchev–Trinajstić information content (AvgIpc) is 2.36. The first-order valence-electron chi connectivity index (χ1n) is 5.39. The molecular weight excluding hydrogens is 323 g/mol. The lowest BCUT2D eigenvalue weighted by Crippen LogP contribution is -2.13. The number of rotatable bonds is 4. The van der Waals surface area contributed by atoms with E-state index in [4.69, 9.17) is 28.3 Å². The number of nitrogens with zero attached hydrogens (tertiary/aromatic N) is 2. The second-order valence-electron chi connectivity index (χ2n) is 3.88. The van der Waals surface area contributed by atoms with Gasteiger partial charge in [-0.2, -0.15) is 0 Å². The molecule has 0 aliphatic heterocycles. The number of hydrogen-bond acceptors (Lipinski definition) is 5. The van der Waals surface area contributed by atoms with Crippen LogP contribution in [0.25, 0.3) is 0 Å². The Morgan fingerprint density at radius 3 is 2.60 bits per heavy atom. The Labute approximate surface area is 126 Å². The van der Waals surface area contributed by atoms with E-state index in [1.54, 1.807) is 6.07 Å². The van der Waals surface area contributed by atoms with E-state index in [0.717, 1.165) is 0 Å². The molecule has 1 aromatic carbocycles. The summed E-state index contributed by atoms with van der Waals surface area (Å²) in [5, 5.41) is 8.76. The van der Waals surface area contributed by atoms with Crippen molar-refractivity contribution in [2.75, 3.05) is 5.32 Å². The highest BCUT2D eigenvalue weighted by atomic mass is 35.5. The maximum absolute atomic E-state index is 11.3. The predicted octanol–water partition coefficient (Wildman–Crippen LogP) is 2.04. The van der Waals surface area contributed by atoms with Crippen molar-refractivity contribution in [3.8, 4) is 0 Å². The quantitative estimate of drug-likeness (QED) is 0.835. The molecule has 106 valence electrons. The van der Waals surface area contributed by atoms with Crippen molar-refractivity contribution < 1.29 is 8.42 Å². The Hall–Kier alpha value is -1.41. The molecule has 0 amide bonds. The van der Waals surface area contributed by atoms with Crippen LogP contribution in [0.5, 0.6) is 0 Å². The number of benzene rings is 1. The smallest absolute Gasteiger partial charge is 0.238 e. The van der Waals surface area contributed by atoms with Crippen molar-refractivity contribution in [3.63, 3.8) is 0 Å². The average molecular weight is 333 g/mol. The molecule has 0 unspecified atom stereocenters. The van der Waals surface area contributed by atoms with Crippen LogP contribution in [0.4, 0.5) is 5.82 Å². The van der Waals surface area contributed by atoms with Gasteiger partial charge in [0.2, 0.25) is 10.0 Å². The van der Waals surface area contributed by atoms with Gasteiger partial charge in [-0.25, -0.2) is 23.5 Å². The summed E-state index contributed by atoms with van der Waals surface area (Å²) in [4.78, 5) is 7.71. The van der Waals surface area contributed by atoms with Crippen molar-refractivity contribution >= 4 is 39.0 Å². The van der Waals surface area contributed by atoms with Crippen LogP contribution in [0, 0.1) is 0 Å². The number of sulfonamides is 1. The standard InChI is InChI=1S/C11H10Cl2N4O2S/c12-9-2-1-8(20(14,18)19)3-7(9)5-15-11-4-10(13)16-6-17-11/h1-4,6H,5H2,(H2,14,18,19)(H,15,16,17). The molecule has 0 fully saturated rings. The van der Waals surface area contributed by atoms with Crippen LogP contribution in [0.15, 0.2) is 35.5 Å². The van der Waals surface area contributed by atoms with Crippen LogP contribution in [0.3, 0.4) is 0 Å². The van der Waals surface area contributed by atoms with Crippen LogP contribution in [-0.2, 0) is 16.6 Å². The second-order valence-corrected chi connectivity index (χ2v) is 6.23. The molecule has 20 heavy (non-hydrogen) atoms. The minimum absolute atomic E-state index is 0.000537. The first-order valence-corrected chi connectivity index (χ1v) is 7.69. The zero-order chi connectivity index (χ0) is 14.8. The van der Waals surface area contributed by atoms with Crippen LogP contribution >= 0.6 is 23.2 Å². The second kappa shape index (κ2) is 5.92. The molecule has 0 bridgehead atoms. The number of nitrogens with two attached hydrogens (primary N) is 1. The number of aromatic nitrogens is 2. The van der Waals surface area contributed by atoms with Gasteiger partial charge in [0.05, 0.1) is 4.90 Å². The van der Waals surface area contributed by atoms with Gasteiger partial charge in [-0.1, -0.05) is 23.2 Å². The summed E-state index contributed by atoms with van der Waals surface area (Å²) >= 11 is 11.7. The zero-order valence-corrected chi connectivity index (χ0v) is 12.4. The van der Waals surface area contributed by atoms with E-state index in [-0.39, 0.29) is 11.4 Å². The molecule has 1 aromatic heterocycles. The van der Waals surface area contributed by atoms with Crippen LogP contribution < -0.4 is 10.5 Å². The minimum Gasteiger partial charge on any atom is -0.366 e. The molecule has 0 aliphatic carbocycles. The Bertz CT molecular complexity index is 737. The lowest BCUT2D eigenvalue weighted by Gasteiger charge is -2.09. The molecule has 9 heteroatoms. The highest BCUT2D eigenvalue weighted by Gasteiger charge is 2.10.